The minimum absolute atomic E-state index is 0.00793. The van der Waals surface area contributed by atoms with E-state index >= 15 is 0 Å². The third-order valence-corrected chi connectivity index (χ3v) is 3.94. The SMILES string of the molecule is C/C(=N\NC(=O)c1ccccc1O)c1c(O)n(-c2ccccc2)c(=O)[nH]c1=O. The number of phenolic OH excluding ortho intramolecular Hbond substituents is 1. The second-order valence-corrected chi connectivity index (χ2v) is 5.78. The van der Waals surface area contributed by atoms with Gasteiger partial charge in [-0.3, -0.25) is 14.6 Å². The summed E-state index contributed by atoms with van der Waals surface area (Å²) in [5, 5.41) is 24.0. The normalized spacial score (nSPS) is 11.2. The average molecular weight is 380 g/mol. The third-order valence-electron chi connectivity index (χ3n) is 3.94. The smallest absolute Gasteiger partial charge is 0.335 e. The molecule has 1 amide bonds. The molecule has 0 spiro atoms. The molecule has 0 aliphatic rings. The van der Waals surface area contributed by atoms with Crippen LogP contribution in [0.15, 0.2) is 69.3 Å². The van der Waals surface area contributed by atoms with Crippen molar-refractivity contribution in [2.45, 2.75) is 6.92 Å². The van der Waals surface area contributed by atoms with Crippen molar-refractivity contribution in [3.8, 4) is 17.3 Å². The Morgan fingerprint density at radius 1 is 1.04 bits per heavy atom. The molecular weight excluding hydrogens is 364 g/mol. The number of hydrogen-bond acceptors (Lipinski definition) is 6. The summed E-state index contributed by atoms with van der Waals surface area (Å²) in [6.07, 6.45) is 0. The van der Waals surface area contributed by atoms with Gasteiger partial charge in [0, 0.05) is 0 Å². The van der Waals surface area contributed by atoms with Gasteiger partial charge in [0.15, 0.2) is 0 Å². The van der Waals surface area contributed by atoms with Crippen LogP contribution in [-0.2, 0) is 0 Å². The number of aromatic nitrogens is 2. The van der Waals surface area contributed by atoms with Crippen LogP contribution in [0.25, 0.3) is 5.69 Å². The fourth-order valence-electron chi connectivity index (χ4n) is 2.58. The van der Waals surface area contributed by atoms with E-state index in [9.17, 15) is 24.6 Å². The van der Waals surface area contributed by atoms with E-state index < -0.39 is 23.0 Å². The summed E-state index contributed by atoms with van der Waals surface area (Å²) in [6, 6.07) is 14.1. The van der Waals surface area contributed by atoms with Crippen LogP contribution in [0, 0.1) is 0 Å². The van der Waals surface area contributed by atoms with Crippen LogP contribution in [0.5, 0.6) is 11.6 Å². The van der Waals surface area contributed by atoms with Gasteiger partial charge in [-0.05, 0) is 31.2 Å². The molecule has 0 saturated heterocycles. The fourth-order valence-corrected chi connectivity index (χ4v) is 2.58. The average Bonchev–Trinajstić information content (AvgIpc) is 2.67. The quantitative estimate of drug-likeness (QED) is 0.397. The summed E-state index contributed by atoms with van der Waals surface area (Å²) in [5.74, 6) is -1.55. The van der Waals surface area contributed by atoms with Gasteiger partial charge in [0.1, 0.15) is 11.3 Å². The second-order valence-electron chi connectivity index (χ2n) is 5.78. The number of aromatic amines is 1. The number of carbonyl (C=O) groups is 1. The Hall–Kier alpha value is -4.14. The predicted molar refractivity (Wildman–Crippen MR) is 102 cm³/mol. The van der Waals surface area contributed by atoms with E-state index in [4.69, 9.17) is 0 Å². The first kappa shape index (κ1) is 18.6. The number of carbonyl (C=O) groups excluding carboxylic acids is 1. The molecular formula is C19H16N4O5. The van der Waals surface area contributed by atoms with Crippen LogP contribution in [-0.4, -0.2) is 31.4 Å². The highest BCUT2D eigenvalue weighted by Crippen LogP contribution is 2.17. The second kappa shape index (κ2) is 7.62. The lowest BCUT2D eigenvalue weighted by Crippen LogP contribution is -2.33. The van der Waals surface area contributed by atoms with Crippen LogP contribution in [0.2, 0.25) is 0 Å². The molecule has 0 radical (unpaired) electrons. The molecule has 0 aliphatic heterocycles. The summed E-state index contributed by atoms with van der Waals surface area (Å²) >= 11 is 0. The molecule has 0 fully saturated rings. The number of nitrogens with one attached hydrogen (secondary N) is 2. The molecule has 1 aromatic heterocycles. The molecule has 0 bridgehead atoms. The molecule has 0 atom stereocenters. The van der Waals surface area contributed by atoms with Crippen molar-refractivity contribution in [1.82, 2.24) is 15.0 Å². The molecule has 9 nitrogen and oxygen atoms in total. The van der Waals surface area contributed by atoms with E-state index in [-0.39, 0.29) is 22.6 Å². The van der Waals surface area contributed by atoms with E-state index in [1.165, 1.54) is 19.1 Å². The molecule has 1 heterocycles. The van der Waals surface area contributed by atoms with Crippen molar-refractivity contribution in [3.63, 3.8) is 0 Å². The zero-order valence-electron chi connectivity index (χ0n) is 14.7. The Kier molecular flexibility index (Phi) is 5.07. The van der Waals surface area contributed by atoms with Crippen LogP contribution in [0.4, 0.5) is 0 Å². The number of amides is 1. The molecule has 4 N–H and O–H groups in total. The number of nitrogens with zero attached hydrogens (tertiary/aromatic N) is 2. The third kappa shape index (κ3) is 3.54. The maximum atomic E-state index is 12.2. The monoisotopic (exact) mass is 380 g/mol. The van der Waals surface area contributed by atoms with Gasteiger partial charge in [-0.25, -0.2) is 14.8 Å². The Balaban J connectivity index is 2.00. The van der Waals surface area contributed by atoms with Crippen molar-refractivity contribution in [3.05, 3.63) is 86.6 Å². The number of aromatic hydroxyl groups is 2. The first-order valence-electron chi connectivity index (χ1n) is 8.17. The zero-order valence-corrected chi connectivity index (χ0v) is 14.7. The lowest BCUT2D eigenvalue weighted by molar-refractivity contribution is 0.0952. The van der Waals surface area contributed by atoms with Crippen molar-refractivity contribution in [2.75, 3.05) is 0 Å². The standard InChI is InChI=1S/C19H16N4O5/c1-11(21-22-16(25)13-9-5-6-10-14(13)24)15-17(26)20-19(28)23(18(15)27)12-7-3-2-4-8-12/h2-10,24,27H,1H3,(H,22,25)(H,20,26,28)/b21-11+. The van der Waals surface area contributed by atoms with Gasteiger partial charge in [-0.1, -0.05) is 30.3 Å². The number of H-pyrrole nitrogens is 1. The summed E-state index contributed by atoms with van der Waals surface area (Å²) < 4.78 is 0.917. The minimum Gasteiger partial charge on any atom is -0.507 e. The lowest BCUT2D eigenvalue weighted by Gasteiger charge is -2.11. The molecule has 9 heteroatoms. The van der Waals surface area contributed by atoms with Gasteiger partial charge < -0.3 is 10.2 Å². The maximum absolute atomic E-state index is 12.2. The molecule has 142 valence electrons. The highest BCUT2D eigenvalue weighted by molar-refractivity contribution is 6.02. The lowest BCUT2D eigenvalue weighted by atomic mass is 10.2. The molecule has 0 aliphatic carbocycles. The van der Waals surface area contributed by atoms with Gasteiger partial charge in [0.25, 0.3) is 11.5 Å². The van der Waals surface area contributed by atoms with Gasteiger partial charge in [0.2, 0.25) is 5.88 Å². The van der Waals surface area contributed by atoms with Gasteiger partial charge >= 0.3 is 5.69 Å². The first-order valence-corrected chi connectivity index (χ1v) is 8.17. The number of phenols is 1. The summed E-state index contributed by atoms with van der Waals surface area (Å²) in [6.45, 7) is 1.38. The number of hydrazone groups is 1. The van der Waals surface area contributed by atoms with E-state index in [1.54, 1.807) is 42.5 Å². The van der Waals surface area contributed by atoms with Gasteiger partial charge in [-0.2, -0.15) is 5.10 Å². The van der Waals surface area contributed by atoms with Crippen molar-refractivity contribution in [2.24, 2.45) is 5.10 Å². The predicted octanol–water partition coefficient (Wildman–Crippen LogP) is 1.09. The fraction of sp³-hybridized carbons (Fsp3) is 0.0526. The Morgan fingerprint density at radius 2 is 1.68 bits per heavy atom. The minimum atomic E-state index is -0.854. The van der Waals surface area contributed by atoms with Crippen LogP contribution in [0.3, 0.4) is 0 Å². The summed E-state index contributed by atoms with van der Waals surface area (Å²) in [7, 11) is 0. The largest absolute Gasteiger partial charge is 0.507 e. The zero-order chi connectivity index (χ0) is 20.3. The van der Waals surface area contributed by atoms with Crippen LogP contribution >= 0.6 is 0 Å². The maximum Gasteiger partial charge on any atom is 0.335 e. The van der Waals surface area contributed by atoms with Crippen molar-refractivity contribution >= 4 is 11.6 Å². The Bertz CT molecular complexity index is 1180. The molecule has 3 aromatic rings. The van der Waals surface area contributed by atoms with E-state index in [2.05, 4.69) is 15.5 Å². The molecule has 28 heavy (non-hydrogen) atoms. The number of para-hydroxylation sites is 2. The topological polar surface area (TPSA) is 137 Å². The highest BCUT2D eigenvalue weighted by atomic mass is 16.3. The number of hydrogen-bond donors (Lipinski definition) is 4. The molecule has 3 rings (SSSR count). The van der Waals surface area contributed by atoms with E-state index in [1.807, 2.05) is 0 Å². The van der Waals surface area contributed by atoms with Gasteiger partial charge in [-0.15, -0.1) is 0 Å². The highest BCUT2D eigenvalue weighted by Gasteiger charge is 2.18. The number of benzene rings is 2. The van der Waals surface area contributed by atoms with Crippen LogP contribution < -0.4 is 16.7 Å². The first-order chi connectivity index (χ1) is 13.4. The van der Waals surface area contributed by atoms with Gasteiger partial charge in [0.05, 0.1) is 17.0 Å². The number of rotatable bonds is 4. The Morgan fingerprint density at radius 3 is 2.36 bits per heavy atom. The van der Waals surface area contributed by atoms with Crippen molar-refractivity contribution in [1.29, 1.82) is 0 Å². The van der Waals surface area contributed by atoms with E-state index in [0.29, 0.717) is 5.69 Å². The summed E-state index contributed by atoms with van der Waals surface area (Å²) in [5.41, 5.74) is 0.555. The van der Waals surface area contributed by atoms with Crippen LogP contribution in [0.1, 0.15) is 22.8 Å². The summed E-state index contributed by atoms with van der Waals surface area (Å²) in [4.78, 5) is 38.6. The van der Waals surface area contributed by atoms with E-state index in [0.717, 1.165) is 4.57 Å². The molecule has 0 unspecified atom stereocenters. The molecule has 2 aromatic carbocycles. The molecule has 0 saturated carbocycles. The van der Waals surface area contributed by atoms with Crippen molar-refractivity contribution < 1.29 is 15.0 Å². The Labute approximate surface area is 158 Å².